The molecule has 30 heavy (non-hydrogen) atoms. The number of benzene rings is 1. The number of fused-ring (bicyclic) bond motifs is 2. The summed E-state index contributed by atoms with van der Waals surface area (Å²) < 4.78 is 21.9. The van der Waals surface area contributed by atoms with Gasteiger partial charge in [-0.15, -0.1) is 0 Å². The Hall–Kier alpha value is -2.05. The van der Waals surface area contributed by atoms with Crippen LogP contribution in [-0.2, 0) is 15.6 Å². The fraction of sp³-hybridized carbons (Fsp3) is 0.500. The van der Waals surface area contributed by atoms with Crippen molar-refractivity contribution >= 4 is 20.2 Å². The summed E-state index contributed by atoms with van der Waals surface area (Å²) in [6.07, 6.45) is 6.75. The number of halogens is 1. The molecule has 1 fully saturated rings. The zero-order valence-corrected chi connectivity index (χ0v) is 19.6. The molecule has 160 valence electrons. The molecule has 1 heterocycles. The number of carbonyl (C=O) groups excluding carboxylic acids is 1. The Labute approximate surface area is 179 Å². The lowest BCUT2D eigenvalue weighted by molar-refractivity contribution is -0.122. The first-order valence-corrected chi connectivity index (χ1v) is 13.6. The molecular formula is C24H31FN2O2Si. The van der Waals surface area contributed by atoms with E-state index in [4.69, 9.17) is 4.43 Å². The highest BCUT2D eigenvalue weighted by molar-refractivity contribution is 6.74. The van der Waals surface area contributed by atoms with Gasteiger partial charge in [0, 0.05) is 24.9 Å². The molecule has 4 nitrogen and oxygen atoms in total. The Morgan fingerprint density at radius 3 is 2.53 bits per heavy atom. The van der Waals surface area contributed by atoms with E-state index in [0.717, 1.165) is 29.8 Å². The van der Waals surface area contributed by atoms with Crippen molar-refractivity contribution in [1.82, 2.24) is 9.78 Å². The quantitative estimate of drug-likeness (QED) is 0.588. The summed E-state index contributed by atoms with van der Waals surface area (Å²) in [5.41, 5.74) is 4.02. The number of aromatic nitrogens is 2. The molecule has 1 saturated carbocycles. The molecule has 1 aromatic carbocycles. The largest absolute Gasteiger partial charge is 0.416 e. The van der Waals surface area contributed by atoms with E-state index >= 15 is 0 Å². The molecule has 0 saturated heterocycles. The summed E-state index contributed by atoms with van der Waals surface area (Å²) >= 11 is 0. The second kappa shape index (κ2) is 7.27. The van der Waals surface area contributed by atoms with Gasteiger partial charge in [-0.1, -0.05) is 26.3 Å². The predicted octanol–water partition coefficient (Wildman–Crippen LogP) is 5.71. The Bertz CT molecular complexity index is 1000. The monoisotopic (exact) mass is 426 g/mol. The molecular weight excluding hydrogens is 395 g/mol. The van der Waals surface area contributed by atoms with Gasteiger partial charge in [-0.25, -0.2) is 9.07 Å². The van der Waals surface area contributed by atoms with Gasteiger partial charge in [0.05, 0.1) is 17.6 Å². The van der Waals surface area contributed by atoms with E-state index in [9.17, 15) is 9.18 Å². The number of carbonyl (C=O) groups is 1. The average molecular weight is 427 g/mol. The van der Waals surface area contributed by atoms with Gasteiger partial charge in [-0.3, -0.25) is 4.79 Å². The van der Waals surface area contributed by atoms with Crippen molar-refractivity contribution in [2.75, 3.05) is 6.61 Å². The number of Topliss-reactive ketones (excluding diaryl/α,β-unsaturated/α-hetero) is 1. The summed E-state index contributed by atoms with van der Waals surface area (Å²) in [5, 5.41) is 4.71. The molecule has 2 aliphatic carbocycles. The van der Waals surface area contributed by atoms with Crippen LogP contribution in [0.2, 0.25) is 18.1 Å². The zero-order valence-electron chi connectivity index (χ0n) is 18.6. The van der Waals surface area contributed by atoms with Gasteiger partial charge < -0.3 is 4.43 Å². The molecule has 6 heteroatoms. The van der Waals surface area contributed by atoms with Crippen LogP contribution in [0.3, 0.4) is 0 Å². The minimum absolute atomic E-state index is 0.124. The molecule has 0 N–H and O–H groups in total. The summed E-state index contributed by atoms with van der Waals surface area (Å²) in [6, 6.07) is 6.40. The van der Waals surface area contributed by atoms with Gasteiger partial charge in [0.15, 0.2) is 8.32 Å². The van der Waals surface area contributed by atoms with Crippen LogP contribution in [0.25, 0.3) is 11.8 Å². The maximum atomic E-state index is 13.4. The van der Waals surface area contributed by atoms with Crippen LogP contribution in [0.15, 0.2) is 36.0 Å². The van der Waals surface area contributed by atoms with Crippen LogP contribution in [0.1, 0.15) is 51.3 Å². The van der Waals surface area contributed by atoms with Gasteiger partial charge in [-0.2, -0.15) is 5.10 Å². The van der Waals surface area contributed by atoms with Crippen molar-refractivity contribution in [3.05, 3.63) is 53.1 Å². The molecule has 2 aromatic rings. The van der Waals surface area contributed by atoms with Crippen molar-refractivity contribution in [3.63, 3.8) is 0 Å². The minimum atomic E-state index is -1.93. The third-order valence-electron chi connectivity index (χ3n) is 7.20. The van der Waals surface area contributed by atoms with Crippen LogP contribution < -0.4 is 0 Å². The van der Waals surface area contributed by atoms with Crippen LogP contribution >= 0.6 is 0 Å². The molecule has 0 radical (unpaired) electrons. The fourth-order valence-corrected chi connectivity index (χ4v) is 5.32. The van der Waals surface area contributed by atoms with E-state index in [2.05, 4.69) is 45.0 Å². The fourth-order valence-electron chi connectivity index (χ4n) is 4.25. The number of nitrogens with zero attached hydrogens (tertiary/aromatic N) is 2. The van der Waals surface area contributed by atoms with Gasteiger partial charge in [-0.05, 0) is 66.9 Å². The second-order valence-corrected chi connectivity index (χ2v) is 15.1. The smallest absolute Gasteiger partial charge is 0.192 e. The van der Waals surface area contributed by atoms with Crippen molar-refractivity contribution in [3.8, 4) is 5.69 Å². The van der Waals surface area contributed by atoms with Crippen molar-refractivity contribution in [1.29, 1.82) is 0 Å². The van der Waals surface area contributed by atoms with Gasteiger partial charge in [0.2, 0.25) is 0 Å². The highest BCUT2D eigenvalue weighted by Crippen LogP contribution is 2.48. The van der Waals surface area contributed by atoms with Crippen LogP contribution in [0.5, 0.6) is 0 Å². The molecule has 0 bridgehead atoms. The third-order valence-corrected chi connectivity index (χ3v) is 11.7. The molecule has 4 rings (SSSR count). The predicted molar refractivity (Wildman–Crippen MR) is 120 cm³/mol. The Morgan fingerprint density at radius 1 is 1.17 bits per heavy atom. The first-order chi connectivity index (χ1) is 14.0. The molecule has 0 aliphatic heterocycles. The number of rotatable bonds is 4. The maximum absolute atomic E-state index is 13.4. The van der Waals surface area contributed by atoms with Crippen molar-refractivity contribution < 1.29 is 13.6 Å². The highest BCUT2D eigenvalue weighted by atomic mass is 28.4. The topological polar surface area (TPSA) is 44.1 Å². The zero-order chi connectivity index (χ0) is 21.7. The van der Waals surface area contributed by atoms with Crippen LogP contribution in [0.4, 0.5) is 4.39 Å². The van der Waals surface area contributed by atoms with E-state index in [1.807, 2.05) is 10.9 Å². The van der Waals surface area contributed by atoms with Gasteiger partial charge in [0.1, 0.15) is 11.6 Å². The lowest BCUT2D eigenvalue weighted by Crippen LogP contribution is -2.47. The van der Waals surface area contributed by atoms with E-state index in [-0.39, 0.29) is 16.3 Å². The number of ketones is 1. The summed E-state index contributed by atoms with van der Waals surface area (Å²) in [7, 11) is -1.93. The van der Waals surface area contributed by atoms with E-state index in [0.29, 0.717) is 25.2 Å². The molecule has 0 spiro atoms. The second-order valence-electron chi connectivity index (χ2n) is 10.3. The maximum Gasteiger partial charge on any atom is 0.192 e. The Morgan fingerprint density at radius 2 is 1.87 bits per heavy atom. The third kappa shape index (κ3) is 3.71. The molecule has 0 unspecified atom stereocenters. The van der Waals surface area contributed by atoms with Crippen LogP contribution in [-0.4, -0.2) is 30.5 Å². The minimum Gasteiger partial charge on any atom is -0.416 e. The summed E-state index contributed by atoms with van der Waals surface area (Å²) in [6.45, 7) is 11.8. The normalized spacial score (nSPS) is 21.8. The standard InChI is InChI=1S/C24H31FN2O2Si/c1-23(2,3)30(4,5)29-16-24-13-17-15-26-27(20-9-7-19(25)8-10-20)22(17)12-18(24)6-11-21(28)14-24/h7-10,12,15H,6,11,13-14,16H2,1-5H3/t24-/m1/s1. The summed E-state index contributed by atoms with van der Waals surface area (Å²) in [5.74, 6) is 0.0612. The molecule has 1 aromatic heterocycles. The number of hydrogen-bond acceptors (Lipinski definition) is 3. The molecule has 2 aliphatic rings. The van der Waals surface area contributed by atoms with Crippen molar-refractivity contribution in [2.45, 2.75) is 64.6 Å². The van der Waals surface area contributed by atoms with Crippen molar-refractivity contribution in [2.24, 2.45) is 5.41 Å². The van der Waals surface area contributed by atoms with E-state index < -0.39 is 8.32 Å². The van der Waals surface area contributed by atoms with E-state index in [1.165, 1.54) is 17.7 Å². The first-order valence-electron chi connectivity index (χ1n) is 10.7. The van der Waals surface area contributed by atoms with E-state index in [1.54, 1.807) is 12.1 Å². The Kier molecular flexibility index (Phi) is 5.14. The first kappa shape index (κ1) is 21.2. The molecule has 0 amide bonds. The van der Waals surface area contributed by atoms with Crippen LogP contribution in [0, 0.1) is 11.2 Å². The average Bonchev–Trinajstić information content (AvgIpc) is 3.06. The lowest BCUT2D eigenvalue weighted by Gasteiger charge is -2.45. The lowest BCUT2D eigenvalue weighted by atomic mass is 9.64. The number of hydrogen-bond donors (Lipinski definition) is 0. The van der Waals surface area contributed by atoms with Gasteiger partial charge >= 0.3 is 0 Å². The Balaban J connectivity index is 1.69. The summed E-state index contributed by atoms with van der Waals surface area (Å²) in [4.78, 5) is 12.5. The highest BCUT2D eigenvalue weighted by Gasteiger charge is 2.46. The van der Waals surface area contributed by atoms with Gasteiger partial charge in [0.25, 0.3) is 0 Å². The SMILES string of the molecule is CC(C)(C)[Si](C)(C)OC[C@@]12CC(=O)CCC1=Cc1c(cnn1-c1ccc(F)cc1)C2. The molecule has 1 atom stereocenters.